The summed E-state index contributed by atoms with van der Waals surface area (Å²) < 4.78 is 29.1. The summed E-state index contributed by atoms with van der Waals surface area (Å²) in [7, 11) is 0. The van der Waals surface area contributed by atoms with Crippen molar-refractivity contribution in [3.05, 3.63) is 70.6 Å². The average Bonchev–Trinajstić information content (AvgIpc) is 3.22. The number of carbonyl (C=O) groups is 3. The number of urea groups is 1. The van der Waals surface area contributed by atoms with Gasteiger partial charge >= 0.3 is 18.0 Å². The maximum atomic E-state index is 13.5. The van der Waals surface area contributed by atoms with Crippen molar-refractivity contribution in [2.45, 2.75) is 19.9 Å². The van der Waals surface area contributed by atoms with E-state index >= 15 is 0 Å². The molecule has 0 saturated carbocycles. The fraction of sp³-hybridized carbons (Fsp3) is 0.250. The molecule has 0 aliphatic carbocycles. The maximum absolute atomic E-state index is 13.5. The molecule has 29 heavy (non-hydrogen) atoms. The molecule has 152 valence electrons. The first kappa shape index (κ1) is 20.1. The Balaban J connectivity index is 1.90. The predicted octanol–water partition coefficient (Wildman–Crippen LogP) is 2.76. The van der Waals surface area contributed by atoms with Gasteiger partial charge < -0.3 is 24.5 Å². The fourth-order valence-electron chi connectivity index (χ4n) is 2.88. The van der Waals surface area contributed by atoms with Crippen LogP contribution in [0.5, 0.6) is 0 Å². The van der Waals surface area contributed by atoms with Crippen molar-refractivity contribution in [3.8, 4) is 0 Å². The number of amides is 2. The number of halogens is 1. The van der Waals surface area contributed by atoms with E-state index in [1.165, 1.54) is 18.4 Å². The highest BCUT2D eigenvalue weighted by atomic mass is 19.1. The summed E-state index contributed by atoms with van der Waals surface area (Å²) in [5.74, 6) is -1.76. The Morgan fingerprint density at radius 2 is 2.00 bits per heavy atom. The highest BCUT2D eigenvalue weighted by molar-refractivity contribution is 5.95. The zero-order valence-corrected chi connectivity index (χ0v) is 15.8. The van der Waals surface area contributed by atoms with Crippen molar-refractivity contribution in [2.75, 3.05) is 13.2 Å². The van der Waals surface area contributed by atoms with E-state index in [-0.39, 0.29) is 23.4 Å². The minimum absolute atomic E-state index is 0.0464. The summed E-state index contributed by atoms with van der Waals surface area (Å²) in [5, 5.41) is 5.05. The van der Waals surface area contributed by atoms with Crippen LogP contribution in [-0.4, -0.2) is 31.2 Å². The van der Waals surface area contributed by atoms with E-state index in [9.17, 15) is 18.8 Å². The quantitative estimate of drug-likeness (QED) is 0.720. The van der Waals surface area contributed by atoms with Crippen LogP contribution in [0.2, 0.25) is 0 Å². The lowest BCUT2D eigenvalue weighted by atomic mass is 10.0. The number of benzene rings is 1. The van der Waals surface area contributed by atoms with Crippen LogP contribution in [-0.2, 0) is 14.3 Å². The lowest BCUT2D eigenvalue weighted by molar-refractivity contribution is -0.139. The largest absolute Gasteiger partial charge is 0.467 e. The lowest BCUT2D eigenvalue weighted by Gasteiger charge is -2.27. The van der Waals surface area contributed by atoms with E-state index in [1.54, 1.807) is 26.0 Å². The molecule has 2 N–H and O–H groups in total. The molecule has 1 aromatic carbocycles. The standard InChI is InChI=1S/C20H19FN2O6/c1-3-27-19(25)16-14(22-20(26)23-17(16)15-5-4-8-28-15)10-29-18(24)13-9-12(21)7-6-11(13)2/h4-9,17H,3,10H2,1-2H3,(H2,22,23,26). The van der Waals surface area contributed by atoms with Crippen LogP contribution in [0.4, 0.5) is 9.18 Å². The van der Waals surface area contributed by atoms with E-state index in [0.717, 1.165) is 6.07 Å². The molecule has 1 unspecified atom stereocenters. The molecule has 0 fully saturated rings. The van der Waals surface area contributed by atoms with Gasteiger partial charge in [-0.1, -0.05) is 6.07 Å². The summed E-state index contributed by atoms with van der Waals surface area (Å²) in [6.45, 7) is 2.96. The third-order valence-electron chi connectivity index (χ3n) is 4.24. The number of hydrogen-bond donors (Lipinski definition) is 2. The summed E-state index contributed by atoms with van der Waals surface area (Å²) in [4.78, 5) is 37.0. The molecule has 3 rings (SSSR count). The van der Waals surface area contributed by atoms with Gasteiger partial charge in [-0.2, -0.15) is 0 Å². The van der Waals surface area contributed by atoms with Crippen molar-refractivity contribution in [3.63, 3.8) is 0 Å². The molecule has 0 saturated heterocycles. The van der Waals surface area contributed by atoms with Crippen LogP contribution in [0, 0.1) is 12.7 Å². The summed E-state index contributed by atoms with van der Waals surface area (Å²) in [6, 6.07) is 5.43. The molecule has 8 nitrogen and oxygen atoms in total. The van der Waals surface area contributed by atoms with E-state index in [1.807, 2.05) is 0 Å². The van der Waals surface area contributed by atoms with E-state index in [0.29, 0.717) is 11.3 Å². The Kier molecular flexibility index (Phi) is 5.96. The predicted molar refractivity (Wildman–Crippen MR) is 98.2 cm³/mol. The van der Waals surface area contributed by atoms with Crippen LogP contribution in [0.25, 0.3) is 0 Å². The van der Waals surface area contributed by atoms with E-state index in [2.05, 4.69) is 10.6 Å². The summed E-state index contributed by atoms with van der Waals surface area (Å²) in [5.41, 5.74) is 0.672. The summed E-state index contributed by atoms with van der Waals surface area (Å²) >= 11 is 0. The molecule has 0 spiro atoms. The normalized spacial score (nSPS) is 16.1. The second-order valence-electron chi connectivity index (χ2n) is 6.19. The summed E-state index contributed by atoms with van der Waals surface area (Å²) in [6.07, 6.45) is 1.40. The molecule has 0 radical (unpaired) electrons. The first-order valence-electron chi connectivity index (χ1n) is 8.85. The van der Waals surface area contributed by atoms with Gasteiger partial charge in [0.05, 0.1) is 29.7 Å². The Morgan fingerprint density at radius 3 is 2.69 bits per heavy atom. The number of nitrogens with one attached hydrogen (secondary N) is 2. The number of furan rings is 1. The molecule has 2 amide bonds. The first-order valence-corrected chi connectivity index (χ1v) is 8.85. The van der Waals surface area contributed by atoms with Crippen LogP contribution in [0.1, 0.15) is 34.6 Å². The lowest BCUT2D eigenvalue weighted by Crippen LogP contribution is -2.47. The van der Waals surface area contributed by atoms with E-state index in [4.69, 9.17) is 13.9 Å². The number of carbonyl (C=O) groups excluding carboxylic acids is 3. The fourth-order valence-corrected chi connectivity index (χ4v) is 2.88. The Morgan fingerprint density at radius 1 is 1.21 bits per heavy atom. The van der Waals surface area contributed by atoms with Gasteiger partial charge in [-0.3, -0.25) is 0 Å². The van der Waals surface area contributed by atoms with Gasteiger partial charge in [0.1, 0.15) is 24.2 Å². The first-order chi connectivity index (χ1) is 13.9. The minimum Gasteiger partial charge on any atom is -0.467 e. The maximum Gasteiger partial charge on any atom is 0.338 e. The number of rotatable bonds is 6. The zero-order chi connectivity index (χ0) is 21.0. The van der Waals surface area contributed by atoms with Gasteiger partial charge in [-0.05, 0) is 43.7 Å². The van der Waals surface area contributed by atoms with E-state index < -0.39 is 36.4 Å². The molecule has 1 aliphatic rings. The molecule has 1 aliphatic heterocycles. The van der Waals surface area contributed by atoms with Crippen molar-refractivity contribution >= 4 is 18.0 Å². The highest BCUT2D eigenvalue weighted by Crippen LogP contribution is 2.28. The van der Waals surface area contributed by atoms with Crippen LogP contribution < -0.4 is 10.6 Å². The highest BCUT2D eigenvalue weighted by Gasteiger charge is 2.35. The smallest absolute Gasteiger partial charge is 0.338 e. The zero-order valence-electron chi connectivity index (χ0n) is 15.8. The number of aryl methyl sites for hydroxylation is 1. The van der Waals surface area contributed by atoms with Crippen LogP contribution >= 0.6 is 0 Å². The van der Waals surface area contributed by atoms with Crippen molar-refractivity contribution in [2.24, 2.45) is 0 Å². The Bertz CT molecular complexity index is 967. The molecular formula is C20H19FN2O6. The second kappa shape index (κ2) is 8.59. The third-order valence-corrected chi connectivity index (χ3v) is 4.24. The van der Waals surface area contributed by atoms with Gasteiger partial charge in [-0.15, -0.1) is 0 Å². The molecule has 1 atom stereocenters. The van der Waals surface area contributed by atoms with Gasteiger partial charge in [0.15, 0.2) is 0 Å². The van der Waals surface area contributed by atoms with Gasteiger partial charge in [0, 0.05) is 0 Å². The van der Waals surface area contributed by atoms with Crippen LogP contribution in [0.3, 0.4) is 0 Å². The second-order valence-corrected chi connectivity index (χ2v) is 6.19. The van der Waals surface area contributed by atoms with Crippen molar-refractivity contribution in [1.82, 2.24) is 10.6 Å². The minimum atomic E-state index is -0.914. The SMILES string of the molecule is CCOC(=O)C1=C(COC(=O)c2cc(F)ccc2C)NC(=O)NC1c1ccco1. The molecule has 9 heteroatoms. The van der Waals surface area contributed by atoms with Crippen molar-refractivity contribution in [1.29, 1.82) is 0 Å². The number of ether oxygens (including phenoxy) is 2. The monoisotopic (exact) mass is 402 g/mol. The molecule has 1 aromatic heterocycles. The molecule has 2 aromatic rings. The van der Waals surface area contributed by atoms with Crippen molar-refractivity contribution < 1.29 is 32.7 Å². The Hall–Kier alpha value is -3.62. The average molecular weight is 402 g/mol. The van der Waals surface area contributed by atoms with Gasteiger partial charge in [-0.25, -0.2) is 18.8 Å². The molecule has 0 bridgehead atoms. The third kappa shape index (κ3) is 4.45. The van der Waals surface area contributed by atoms with Gasteiger partial charge in [0.25, 0.3) is 0 Å². The molecule has 2 heterocycles. The number of esters is 2. The van der Waals surface area contributed by atoms with Crippen LogP contribution in [0.15, 0.2) is 52.3 Å². The number of hydrogen-bond acceptors (Lipinski definition) is 6. The topological polar surface area (TPSA) is 107 Å². The van der Waals surface area contributed by atoms with Gasteiger partial charge in [0.2, 0.25) is 0 Å². The molecular weight excluding hydrogens is 383 g/mol. The Labute approximate surface area is 165 Å².